The molecular formula is C23H28NO4+. The number of benzene rings is 2. The molecule has 3 aromatic rings. The van der Waals surface area contributed by atoms with Crippen molar-refractivity contribution in [2.24, 2.45) is 0 Å². The van der Waals surface area contributed by atoms with E-state index in [2.05, 4.69) is 33.0 Å². The lowest BCUT2D eigenvalue weighted by Crippen LogP contribution is -3.06. The fraction of sp³-hybridized carbons (Fsp3) is 0.348. The zero-order valence-electron chi connectivity index (χ0n) is 17.2. The van der Waals surface area contributed by atoms with E-state index in [9.17, 15) is 4.79 Å². The van der Waals surface area contributed by atoms with Gasteiger partial charge in [0.25, 0.3) is 0 Å². The Labute approximate surface area is 165 Å². The Hall–Kier alpha value is -2.79. The van der Waals surface area contributed by atoms with Crippen LogP contribution in [0.2, 0.25) is 0 Å². The van der Waals surface area contributed by atoms with Gasteiger partial charge in [-0.05, 0) is 42.7 Å². The van der Waals surface area contributed by atoms with Gasteiger partial charge in [-0.25, -0.2) is 4.79 Å². The minimum absolute atomic E-state index is 0.300. The summed E-state index contributed by atoms with van der Waals surface area (Å²) in [5.74, 6) is 1.47. The molecule has 0 saturated carbocycles. The summed E-state index contributed by atoms with van der Waals surface area (Å²) < 4.78 is 16.2. The van der Waals surface area contributed by atoms with Crippen LogP contribution in [0, 0.1) is 6.92 Å². The van der Waals surface area contributed by atoms with Gasteiger partial charge in [-0.2, -0.15) is 0 Å². The van der Waals surface area contributed by atoms with Gasteiger partial charge >= 0.3 is 5.63 Å². The highest BCUT2D eigenvalue weighted by atomic mass is 16.5. The molecule has 1 atom stereocenters. The summed E-state index contributed by atoms with van der Waals surface area (Å²) in [6.07, 6.45) is 0.910. The van der Waals surface area contributed by atoms with Crippen LogP contribution in [0.5, 0.6) is 11.5 Å². The second kappa shape index (κ2) is 8.48. The molecule has 1 unspecified atom stereocenters. The van der Waals surface area contributed by atoms with Gasteiger partial charge in [-0.3, -0.25) is 0 Å². The fourth-order valence-corrected chi connectivity index (χ4v) is 3.57. The van der Waals surface area contributed by atoms with E-state index < -0.39 is 0 Å². The molecule has 0 aliphatic rings. The van der Waals surface area contributed by atoms with Gasteiger partial charge in [0.1, 0.15) is 18.7 Å². The standard InChI is InChI=1S/C23H27NO4/c1-6-16-7-8-19-18(12-23(25)28-20(19)10-16)14-24(3)13-17-11-22(27-5)21(26-4)9-15(17)2/h7-12H,6,13-14H2,1-5H3/p+1. The summed E-state index contributed by atoms with van der Waals surface area (Å²) in [6.45, 7) is 5.69. The number of hydrogen-bond acceptors (Lipinski definition) is 4. The van der Waals surface area contributed by atoms with Crippen LogP contribution in [0.25, 0.3) is 11.0 Å². The van der Waals surface area contributed by atoms with Crippen molar-refractivity contribution in [2.45, 2.75) is 33.4 Å². The number of nitrogens with one attached hydrogen (secondary N) is 1. The average molecular weight is 382 g/mol. The molecule has 1 aromatic heterocycles. The maximum Gasteiger partial charge on any atom is 0.336 e. The first-order valence-corrected chi connectivity index (χ1v) is 9.53. The third kappa shape index (κ3) is 4.20. The predicted molar refractivity (Wildman–Crippen MR) is 110 cm³/mol. The van der Waals surface area contributed by atoms with Crippen molar-refractivity contribution in [3.63, 3.8) is 0 Å². The van der Waals surface area contributed by atoms with Crippen LogP contribution in [0.1, 0.15) is 29.2 Å². The van der Waals surface area contributed by atoms with E-state index in [1.165, 1.54) is 10.5 Å². The summed E-state index contributed by atoms with van der Waals surface area (Å²) in [4.78, 5) is 13.3. The minimum atomic E-state index is -0.300. The van der Waals surface area contributed by atoms with E-state index in [-0.39, 0.29) is 5.63 Å². The maximum atomic E-state index is 12.0. The van der Waals surface area contributed by atoms with Gasteiger partial charge in [-0.15, -0.1) is 0 Å². The van der Waals surface area contributed by atoms with Crippen molar-refractivity contribution in [1.82, 2.24) is 0 Å². The Morgan fingerprint density at radius 3 is 2.32 bits per heavy atom. The number of rotatable bonds is 7. The van der Waals surface area contributed by atoms with E-state index in [0.717, 1.165) is 53.1 Å². The number of methoxy groups -OCH3 is 2. The minimum Gasteiger partial charge on any atom is -0.493 e. The molecule has 1 N–H and O–H groups in total. The molecule has 2 aromatic carbocycles. The largest absolute Gasteiger partial charge is 0.493 e. The van der Waals surface area contributed by atoms with Crippen LogP contribution >= 0.6 is 0 Å². The number of ether oxygens (including phenoxy) is 2. The van der Waals surface area contributed by atoms with Crippen LogP contribution in [0.15, 0.2) is 45.6 Å². The fourth-order valence-electron chi connectivity index (χ4n) is 3.57. The molecule has 0 aliphatic heterocycles. The van der Waals surface area contributed by atoms with Crippen LogP contribution in [0.3, 0.4) is 0 Å². The Kier molecular flexibility index (Phi) is 6.05. The van der Waals surface area contributed by atoms with Crippen molar-refractivity contribution in [3.8, 4) is 11.5 Å². The number of hydrogen-bond donors (Lipinski definition) is 1. The second-order valence-corrected chi connectivity index (χ2v) is 7.22. The lowest BCUT2D eigenvalue weighted by molar-refractivity contribution is -0.907. The first kappa shape index (κ1) is 20.0. The Morgan fingerprint density at radius 2 is 1.64 bits per heavy atom. The molecule has 0 amide bonds. The highest BCUT2D eigenvalue weighted by Crippen LogP contribution is 2.30. The first-order valence-electron chi connectivity index (χ1n) is 9.53. The zero-order chi connectivity index (χ0) is 20.3. The molecule has 5 heteroatoms. The summed E-state index contributed by atoms with van der Waals surface area (Å²) >= 11 is 0. The summed E-state index contributed by atoms with van der Waals surface area (Å²) in [6, 6.07) is 11.8. The molecule has 0 fully saturated rings. The Bertz CT molecular complexity index is 1040. The second-order valence-electron chi connectivity index (χ2n) is 7.22. The molecule has 0 aliphatic carbocycles. The monoisotopic (exact) mass is 382 g/mol. The van der Waals surface area contributed by atoms with Gasteiger partial charge in [0.05, 0.1) is 21.3 Å². The predicted octanol–water partition coefficient (Wildman–Crippen LogP) is 2.90. The van der Waals surface area contributed by atoms with E-state index in [1.807, 2.05) is 18.2 Å². The third-order valence-electron chi connectivity index (χ3n) is 5.13. The van der Waals surface area contributed by atoms with Crippen LogP contribution < -0.4 is 20.0 Å². The van der Waals surface area contributed by atoms with E-state index >= 15 is 0 Å². The number of fused-ring (bicyclic) bond motifs is 1. The van der Waals surface area contributed by atoms with Crippen molar-refractivity contribution < 1.29 is 18.8 Å². The molecular weight excluding hydrogens is 354 g/mol. The molecule has 0 saturated heterocycles. The van der Waals surface area contributed by atoms with Crippen LogP contribution in [0.4, 0.5) is 0 Å². The molecule has 28 heavy (non-hydrogen) atoms. The molecule has 0 bridgehead atoms. The molecule has 5 nitrogen and oxygen atoms in total. The summed E-state index contributed by atoms with van der Waals surface area (Å²) in [5.41, 5.74) is 4.87. The Balaban J connectivity index is 1.88. The number of quaternary nitrogens is 1. The van der Waals surface area contributed by atoms with E-state index in [4.69, 9.17) is 13.9 Å². The number of aryl methyl sites for hydroxylation is 2. The highest BCUT2D eigenvalue weighted by molar-refractivity contribution is 5.80. The maximum absolute atomic E-state index is 12.0. The topological polar surface area (TPSA) is 53.1 Å². The smallest absolute Gasteiger partial charge is 0.336 e. The first-order chi connectivity index (χ1) is 13.4. The van der Waals surface area contributed by atoms with Gasteiger partial charge in [0, 0.05) is 22.6 Å². The van der Waals surface area contributed by atoms with Crippen LogP contribution in [-0.4, -0.2) is 21.3 Å². The SMILES string of the molecule is CCc1ccc2c(C[NH+](C)Cc3cc(OC)c(OC)cc3C)cc(=O)oc2c1. The van der Waals surface area contributed by atoms with Gasteiger partial charge in [0.15, 0.2) is 11.5 Å². The molecule has 1 heterocycles. The highest BCUT2D eigenvalue weighted by Gasteiger charge is 2.15. The average Bonchev–Trinajstić information content (AvgIpc) is 2.68. The lowest BCUT2D eigenvalue weighted by atomic mass is 10.0. The van der Waals surface area contributed by atoms with Crippen molar-refractivity contribution in [3.05, 3.63) is 69.1 Å². The lowest BCUT2D eigenvalue weighted by Gasteiger charge is -2.18. The van der Waals surface area contributed by atoms with E-state index in [1.54, 1.807) is 20.3 Å². The normalized spacial score (nSPS) is 12.2. The summed E-state index contributed by atoms with van der Waals surface area (Å²) in [5, 5.41) is 1.00. The quantitative estimate of drug-likeness (QED) is 0.639. The van der Waals surface area contributed by atoms with Crippen molar-refractivity contribution in [1.29, 1.82) is 0 Å². The van der Waals surface area contributed by atoms with Crippen LogP contribution in [-0.2, 0) is 19.5 Å². The van der Waals surface area contributed by atoms with Gasteiger partial charge < -0.3 is 18.8 Å². The third-order valence-corrected chi connectivity index (χ3v) is 5.13. The van der Waals surface area contributed by atoms with E-state index in [0.29, 0.717) is 5.58 Å². The van der Waals surface area contributed by atoms with Gasteiger partial charge in [0.2, 0.25) is 0 Å². The van der Waals surface area contributed by atoms with Gasteiger partial charge in [-0.1, -0.05) is 19.1 Å². The van der Waals surface area contributed by atoms with Crippen molar-refractivity contribution in [2.75, 3.05) is 21.3 Å². The van der Waals surface area contributed by atoms with Crippen molar-refractivity contribution >= 4 is 11.0 Å². The molecule has 148 valence electrons. The Morgan fingerprint density at radius 1 is 0.964 bits per heavy atom. The molecule has 3 rings (SSSR count). The molecule has 0 radical (unpaired) electrons. The molecule has 0 spiro atoms. The zero-order valence-corrected chi connectivity index (χ0v) is 17.2. The summed E-state index contributed by atoms with van der Waals surface area (Å²) in [7, 11) is 5.41.